The molecule has 0 bridgehead atoms. The van der Waals surface area contributed by atoms with Crippen molar-refractivity contribution < 1.29 is 4.79 Å². The van der Waals surface area contributed by atoms with Crippen molar-refractivity contribution in [3.05, 3.63) is 0 Å². The number of hydrogen-bond acceptors (Lipinski definition) is 2. The van der Waals surface area contributed by atoms with Crippen molar-refractivity contribution in [1.82, 2.24) is 0 Å². The zero-order valence-corrected chi connectivity index (χ0v) is 8.70. The summed E-state index contributed by atoms with van der Waals surface area (Å²) in [5.74, 6) is 0.224. The molecule has 1 unspecified atom stereocenters. The molecule has 0 aliphatic heterocycles. The molecule has 2 heteroatoms. The van der Waals surface area contributed by atoms with Crippen LogP contribution in [0.25, 0.3) is 0 Å². The van der Waals surface area contributed by atoms with Crippen LogP contribution >= 0.6 is 11.8 Å². The fourth-order valence-corrected chi connectivity index (χ4v) is 1.07. The summed E-state index contributed by atoms with van der Waals surface area (Å²) in [7, 11) is 0. The van der Waals surface area contributed by atoms with Gasteiger partial charge in [-0.3, -0.25) is 0 Å². The monoisotopic (exact) mass is 174 g/mol. The van der Waals surface area contributed by atoms with Crippen LogP contribution in [-0.2, 0) is 4.79 Å². The molecule has 0 aliphatic rings. The van der Waals surface area contributed by atoms with Crippen LogP contribution < -0.4 is 0 Å². The van der Waals surface area contributed by atoms with Crippen LogP contribution in [0.1, 0.15) is 33.6 Å². The summed E-state index contributed by atoms with van der Waals surface area (Å²) in [5.41, 5.74) is 0. The van der Waals surface area contributed by atoms with Crippen LogP contribution in [-0.4, -0.2) is 17.3 Å². The molecule has 0 aliphatic carbocycles. The van der Waals surface area contributed by atoms with Crippen LogP contribution in [0.3, 0.4) is 0 Å². The van der Waals surface area contributed by atoms with Gasteiger partial charge in [0.25, 0.3) is 0 Å². The summed E-state index contributed by atoms with van der Waals surface area (Å²) in [6, 6.07) is 0. The van der Waals surface area contributed by atoms with Crippen molar-refractivity contribution in [2.24, 2.45) is 5.92 Å². The lowest BCUT2D eigenvalue weighted by Crippen LogP contribution is -2.15. The zero-order valence-electron chi connectivity index (χ0n) is 7.89. The Hall–Kier alpha value is 0.0200. The minimum absolute atomic E-state index is 0.224. The van der Waals surface area contributed by atoms with E-state index in [2.05, 4.69) is 20.1 Å². The smallest absolute Gasteiger partial charge is 0.122 e. The van der Waals surface area contributed by atoms with Crippen LogP contribution in [0.5, 0.6) is 0 Å². The van der Waals surface area contributed by atoms with E-state index in [1.165, 1.54) is 0 Å². The standard InChI is InChI=1S/C9H18OS/c1-8(7-10)5-6-9(2,3)11-4/h7-8H,5-6H2,1-4H3. The Morgan fingerprint density at radius 1 is 1.55 bits per heavy atom. The molecule has 0 saturated heterocycles. The molecule has 66 valence electrons. The highest BCUT2D eigenvalue weighted by Gasteiger charge is 2.16. The highest BCUT2D eigenvalue weighted by Crippen LogP contribution is 2.27. The maximum absolute atomic E-state index is 10.3. The fourth-order valence-electron chi connectivity index (χ4n) is 0.745. The predicted octanol–water partition coefficient (Wildman–Crippen LogP) is 2.74. The van der Waals surface area contributed by atoms with Gasteiger partial charge in [0.15, 0.2) is 0 Å². The molecule has 0 aromatic rings. The van der Waals surface area contributed by atoms with Crippen LogP contribution in [0.4, 0.5) is 0 Å². The molecule has 0 radical (unpaired) electrons. The van der Waals surface area contributed by atoms with E-state index in [0.717, 1.165) is 19.1 Å². The first-order chi connectivity index (χ1) is 5.02. The van der Waals surface area contributed by atoms with Crippen LogP contribution in [0, 0.1) is 5.92 Å². The lowest BCUT2D eigenvalue weighted by atomic mass is 10.00. The molecule has 0 heterocycles. The lowest BCUT2D eigenvalue weighted by Gasteiger charge is -2.22. The average Bonchev–Trinajstić information content (AvgIpc) is 2.00. The van der Waals surface area contributed by atoms with Crippen molar-refractivity contribution in [2.45, 2.75) is 38.4 Å². The first kappa shape index (κ1) is 11.0. The van der Waals surface area contributed by atoms with Crippen molar-refractivity contribution in [3.63, 3.8) is 0 Å². The van der Waals surface area contributed by atoms with Crippen LogP contribution in [0.2, 0.25) is 0 Å². The van der Waals surface area contributed by atoms with Gasteiger partial charge in [-0.1, -0.05) is 20.8 Å². The molecule has 1 atom stereocenters. The van der Waals surface area contributed by atoms with Gasteiger partial charge in [0.2, 0.25) is 0 Å². The van der Waals surface area contributed by atoms with E-state index in [0.29, 0.717) is 4.75 Å². The van der Waals surface area contributed by atoms with E-state index in [1.807, 2.05) is 18.7 Å². The molecule has 0 aromatic carbocycles. The van der Waals surface area contributed by atoms with E-state index < -0.39 is 0 Å². The second kappa shape index (κ2) is 4.81. The van der Waals surface area contributed by atoms with E-state index in [9.17, 15) is 4.79 Å². The van der Waals surface area contributed by atoms with Gasteiger partial charge >= 0.3 is 0 Å². The molecule has 0 saturated carbocycles. The highest BCUT2D eigenvalue weighted by molar-refractivity contribution is 7.99. The summed E-state index contributed by atoms with van der Waals surface area (Å²) >= 11 is 1.86. The van der Waals surface area contributed by atoms with Gasteiger partial charge in [-0.05, 0) is 19.1 Å². The van der Waals surface area contributed by atoms with Gasteiger partial charge < -0.3 is 4.79 Å². The van der Waals surface area contributed by atoms with E-state index in [-0.39, 0.29) is 5.92 Å². The largest absolute Gasteiger partial charge is 0.303 e. The topological polar surface area (TPSA) is 17.1 Å². The minimum atomic E-state index is 0.224. The third kappa shape index (κ3) is 5.31. The molecule has 0 rings (SSSR count). The van der Waals surface area contributed by atoms with Gasteiger partial charge in [0, 0.05) is 10.7 Å². The molecule has 0 amide bonds. The van der Waals surface area contributed by atoms with Gasteiger partial charge in [-0.15, -0.1) is 0 Å². The van der Waals surface area contributed by atoms with E-state index in [4.69, 9.17) is 0 Å². The number of thioether (sulfide) groups is 1. The van der Waals surface area contributed by atoms with Crippen molar-refractivity contribution >= 4 is 18.0 Å². The minimum Gasteiger partial charge on any atom is -0.303 e. The summed E-state index contributed by atoms with van der Waals surface area (Å²) in [6.07, 6.45) is 5.29. The Balaban J connectivity index is 3.60. The predicted molar refractivity (Wildman–Crippen MR) is 52.1 cm³/mol. The van der Waals surface area contributed by atoms with Crippen LogP contribution in [0.15, 0.2) is 0 Å². The molecule has 1 nitrogen and oxygen atoms in total. The van der Waals surface area contributed by atoms with Gasteiger partial charge in [-0.25, -0.2) is 0 Å². The SMILES string of the molecule is CSC(C)(C)CCC(C)C=O. The Labute approximate surface area is 73.9 Å². The van der Waals surface area contributed by atoms with Crippen molar-refractivity contribution in [3.8, 4) is 0 Å². The number of rotatable bonds is 5. The quantitative estimate of drug-likeness (QED) is 0.596. The zero-order chi connectivity index (χ0) is 8.91. The molecule has 0 aromatic heterocycles. The fraction of sp³-hybridized carbons (Fsp3) is 0.889. The maximum atomic E-state index is 10.3. The van der Waals surface area contributed by atoms with E-state index >= 15 is 0 Å². The Morgan fingerprint density at radius 3 is 2.45 bits per heavy atom. The summed E-state index contributed by atoms with van der Waals surface area (Å²) in [6.45, 7) is 6.41. The third-order valence-electron chi connectivity index (χ3n) is 1.99. The Bertz CT molecular complexity index is 121. The number of aldehydes is 1. The van der Waals surface area contributed by atoms with Gasteiger partial charge in [0.1, 0.15) is 6.29 Å². The second-order valence-corrected chi connectivity index (χ2v) is 5.13. The molecular weight excluding hydrogens is 156 g/mol. The second-order valence-electron chi connectivity index (χ2n) is 3.62. The highest BCUT2D eigenvalue weighted by atomic mass is 32.2. The maximum Gasteiger partial charge on any atom is 0.122 e. The molecule has 0 fully saturated rings. The summed E-state index contributed by atoms with van der Waals surface area (Å²) in [5, 5.41) is 0. The first-order valence-corrected chi connectivity index (χ1v) is 5.25. The number of carbonyl (C=O) groups is 1. The average molecular weight is 174 g/mol. The number of carbonyl (C=O) groups excluding carboxylic acids is 1. The van der Waals surface area contributed by atoms with Gasteiger partial charge in [-0.2, -0.15) is 11.8 Å². The molecule has 0 spiro atoms. The Kier molecular flexibility index (Phi) is 4.82. The Morgan fingerprint density at radius 2 is 2.09 bits per heavy atom. The molecule has 11 heavy (non-hydrogen) atoms. The first-order valence-electron chi connectivity index (χ1n) is 4.02. The van der Waals surface area contributed by atoms with Crippen molar-refractivity contribution in [1.29, 1.82) is 0 Å². The molecule has 0 N–H and O–H groups in total. The summed E-state index contributed by atoms with van der Waals surface area (Å²) in [4.78, 5) is 10.3. The molecular formula is C9H18OS. The lowest BCUT2D eigenvalue weighted by molar-refractivity contribution is -0.110. The normalized spacial score (nSPS) is 14.5. The van der Waals surface area contributed by atoms with Gasteiger partial charge in [0.05, 0.1) is 0 Å². The number of hydrogen-bond donors (Lipinski definition) is 0. The van der Waals surface area contributed by atoms with Crippen molar-refractivity contribution in [2.75, 3.05) is 6.26 Å². The summed E-state index contributed by atoms with van der Waals surface area (Å²) < 4.78 is 0.331. The third-order valence-corrected chi connectivity index (χ3v) is 3.30. The van der Waals surface area contributed by atoms with E-state index in [1.54, 1.807) is 0 Å².